The second kappa shape index (κ2) is 3.88. The van der Waals surface area contributed by atoms with Crippen LogP contribution in [-0.4, -0.2) is 11.1 Å². The zero-order valence-electron chi connectivity index (χ0n) is 4.35. The molecule has 0 amide bonds. The van der Waals surface area contributed by atoms with Crippen LogP contribution >= 0.6 is 22.6 Å². The van der Waals surface area contributed by atoms with Crippen LogP contribution in [0.15, 0.2) is 10.2 Å². The number of aliphatic carboxylic acids is 1. The van der Waals surface area contributed by atoms with Crippen LogP contribution in [0, 0.1) is 0 Å². The third-order valence-corrected chi connectivity index (χ3v) is 1.15. The molecule has 0 aromatic heterocycles. The second-order valence-corrected chi connectivity index (χ2v) is 2.94. The number of allylic oxidation sites excluding steroid dienone is 1. The lowest BCUT2D eigenvalue weighted by atomic mass is 10.3. The summed E-state index contributed by atoms with van der Waals surface area (Å²) in [4.78, 5) is 9.86. The van der Waals surface area contributed by atoms with E-state index in [1.807, 2.05) is 22.6 Å². The van der Waals surface area contributed by atoms with Crippen molar-refractivity contribution >= 4 is 28.6 Å². The molecule has 0 saturated heterocycles. The number of carbonyl (C=O) groups is 1. The molecule has 0 spiro atoms. The molecule has 2 nitrogen and oxygen atoms in total. The first-order valence-corrected chi connectivity index (χ1v) is 3.26. The van der Waals surface area contributed by atoms with Crippen LogP contribution in [0.25, 0.3) is 0 Å². The van der Waals surface area contributed by atoms with Crippen molar-refractivity contribution in [2.24, 2.45) is 0 Å². The summed E-state index contributed by atoms with van der Waals surface area (Å²) in [5.41, 5.74) is 0. The average molecular weight is 226 g/mol. The molecule has 0 fully saturated rings. The molecule has 0 bridgehead atoms. The van der Waals surface area contributed by atoms with E-state index in [4.69, 9.17) is 5.11 Å². The molecule has 0 aliphatic carbocycles. The predicted octanol–water partition coefficient (Wildman–Crippen LogP) is 1.80. The molecule has 0 rings (SSSR count). The highest BCUT2D eigenvalue weighted by Crippen LogP contribution is 2.09. The Kier molecular flexibility index (Phi) is 3.85. The van der Waals surface area contributed by atoms with Gasteiger partial charge in [0, 0.05) is 6.42 Å². The van der Waals surface area contributed by atoms with Gasteiger partial charge in [-0.2, -0.15) is 0 Å². The molecule has 0 aliphatic rings. The van der Waals surface area contributed by atoms with E-state index in [0.29, 0.717) is 6.42 Å². The van der Waals surface area contributed by atoms with E-state index in [-0.39, 0.29) is 6.42 Å². The van der Waals surface area contributed by atoms with Crippen LogP contribution in [0.4, 0.5) is 0 Å². The molecule has 0 aromatic rings. The van der Waals surface area contributed by atoms with Crippen LogP contribution in [0.3, 0.4) is 0 Å². The van der Waals surface area contributed by atoms with Gasteiger partial charge in [-0.3, -0.25) is 4.79 Å². The Balaban J connectivity index is 3.18. The van der Waals surface area contributed by atoms with E-state index in [1.165, 1.54) is 0 Å². The van der Waals surface area contributed by atoms with Crippen molar-refractivity contribution in [3.63, 3.8) is 0 Å². The minimum Gasteiger partial charge on any atom is -0.481 e. The Morgan fingerprint density at radius 3 is 2.25 bits per heavy atom. The molecule has 0 heterocycles. The van der Waals surface area contributed by atoms with Crippen molar-refractivity contribution in [1.82, 2.24) is 0 Å². The maximum absolute atomic E-state index is 9.86. The highest BCUT2D eigenvalue weighted by atomic mass is 127. The molecule has 1 N–H and O–H groups in total. The van der Waals surface area contributed by atoms with Crippen molar-refractivity contribution in [3.05, 3.63) is 10.2 Å². The van der Waals surface area contributed by atoms with Gasteiger partial charge in [-0.25, -0.2) is 0 Å². The number of hydrogen-bond acceptors (Lipinski definition) is 1. The van der Waals surface area contributed by atoms with Crippen molar-refractivity contribution in [1.29, 1.82) is 0 Å². The predicted molar refractivity (Wildman–Crippen MR) is 40.0 cm³/mol. The summed E-state index contributed by atoms with van der Waals surface area (Å²) in [7, 11) is 0. The third-order valence-electron chi connectivity index (χ3n) is 0.610. The highest BCUT2D eigenvalue weighted by Gasteiger charge is 1.94. The van der Waals surface area contributed by atoms with Gasteiger partial charge in [0.25, 0.3) is 0 Å². The lowest BCUT2D eigenvalue weighted by Gasteiger charge is -1.89. The number of carboxylic acid groups (broad SMARTS) is 1. The van der Waals surface area contributed by atoms with E-state index in [1.54, 1.807) is 0 Å². The van der Waals surface area contributed by atoms with Gasteiger partial charge in [-0.05, 0) is 32.6 Å². The van der Waals surface area contributed by atoms with Gasteiger partial charge in [0.15, 0.2) is 0 Å². The summed E-state index contributed by atoms with van der Waals surface area (Å²) in [5.74, 6) is -0.761. The zero-order chi connectivity index (χ0) is 6.57. The van der Waals surface area contributed by atoms with Gasteiger partial charge in [-0.1, -0.05) is 6.58 Å². The number of halogens is 1. The summed E-state index contributed by atoms with van der Waals surface area (Å²) in [5, 5.41) is 8.12. The summed E-state index contributed by atoms with van der Waals surface area (Å²) in [6.45, 7) is 3.55. The van der Waals surface area contributed by atoms with E-state index >= 15 is 0 Å². The second-order valence-electron chi connectivity index (χ2n) is 1.41. The third kappa shape index (κ3) is 5.94. The van der Waals surface area contributed by atoms with Gasteiger partial charge < -0.3 is 5.11 Å². The number of rotatable bonds is 3. The maximum Gasteiger partial charge on any atom is 0.303 e. The van der Waals surface area contributed by atoms with Gasteiger partial charge in [0.1, 0.15) is 0 Å². The smallest absolute Gasteiger partial charge is 0.303 e. The normalized spacial score (nSPS) is 8.62. The molecular weight excluding hydrogens is 219 g/mol. The Morgan fingerprint density at radius 2 is 2.12 bits per heavy atom. The molecule has 0 aliphatic heterocycles. The first-order valence-electron chi connectivity index (χ1n) is 2.18. The van der Waals surface area contributed by atoms with Crippen LogP contribution in [0.5, 0.6) is 0 Å². The van der Waals surface area contributed by atoms with Crippen molar-refractivity contribution in [3.8, 4) is 0 Å². The minimum atomic E-state index is -0.761. The molecule has 0 saturated carbocycles. The number of hydrogen-bond donors (Lipinski definition) is 1. The highest BCUT2D eigenvalue weighted by molar-refractivity contribution is 14.1. The van der Waals surface area contributed by atoms with Crippen LogP contribution in [0.1, 0.15) is 12.8 Å². The molecule has 3 heteroatoms. The Morgan fingerprint density at radius 1 is 1.62 bits per heavy atom. The lowest BCUT2D eigenvalue weighted by Crippen LogP contribution is -1.92. The van der Waals surface area contributed by atoms with E-state index < -0.39 is 5.97 Å². The van der Waals surface area contributed by atoms with Crippen LogP contribution in [0.2, 0.25) is 0 Å². The quantitative estimate of drug-likeness (QED) is 0.745. The van der Waals surface area contributed by atoms with Gasteiger partial charge in [-0.15, -0.1) is 0 Å². The largest absolute Gasteiger partial charge is 0.481 e. The fourth-order valence-corrected chi connectivity index (χ4v) is 0.512. The average Bonchev–Trinajstić information content (AvgIpc) is 1.61. The fraction of sp³-hybridized carbons (Fsp3) is 0.400. The first-order chi connectivity index (χ1) is 3.63. The van der Waals surface area contributed by atoms with Gasteiger partial charge in [0.05, 0.1) is 0 Å². The Hall–Kier alpha value is -0.0600. The lowest BCUT2D eigenvalue weighted by molar-refractivity contribution is -0.136. The molecule has 0 aromatic carbocycles. The van der Waals surface area contributed by atoms with Gasteiger partial charge in [0.2, 0.25) is 0 Å². The molecule has 0 atom stereocenters. The van der Waals surface area contributed by atoms with Crippen molar-refractivity contribution in [2.45, 2.75) is 12.8 Å². The molecule has 8 heavy (non-hydrogen) atoms. The SMILES string of the molecule is C=C(I)CCC(=O)O. The standard InChI is InChI=1S/C5H7IO2/c1-4(6)2-3-5(7)8/h1-3H2,(H,7,8). The van der Waals surface area contributed by atoms with E-state index in [0.717, 1.165) is 3.58 Å². The topological polar surface area (TPSA) is 37.3 Å². The summed E-state index contributed by atoms with van der Waals surface area (Å²) in [6.07, 6.45) is 0.775. The summed E-state index contributed by atoms with van der Waals surface area (Å²) in [6, 6.07) is 0. The summed E-state index contributed by atoms with van der Waals surface area (Å²) < 4.78 is 0.894. The summed E-state index contributed by atoms with van der Waals surface area (Å²) >= 11 is 2.02. The van der Waals surface area contributed by atoms with Crippen molar-refractivity contribution < 1.29 is 9.90 Å². The van der Waals surface area contributed by atoms with Crippen LogP contribution < -0.4 is 0 Å². The maximum atomic E-state index is 9.86. The van der Waals surface area contributed by atoms with Crippen molar-refractivity contribution in [2.75, 3.05) is 0 Å². The fourth-order valence-electron chi connectivity index (χ4n) is 0.243. The van der Waals surface area contributed by atoms with Crippen LogP contribution in [-0.2, 0) is 4.79 Å². The first kappa shape index (κ1) is 7.94. The molecule has 46 valence electrons. The van der Waals surface area contributed by atoms with E-state index in [9.17, 15) is 4.79 Å². The minimum absolute atomic E-state index is 0.196. The Bertz CT molecular complexity index is 95.0. The Labute approximate surface area is 61.7 Å². The molecule has 0 unspecified atom stereocenters. The van der Waals surface area contributed by atoms with Gasteiger partial charge >= 0.3 is 5.97 Å². The number of carboxylic acids is 1. The zero-order valence-corrected chi connectivity index (χ0v) is 6.51. The van der Waals surface area contributed by atoms with E-state index in [2.05, 4.69) is 6.58 Å². The molecule has 0 radical (unpaired) electrons. The molecular formula is C5H7IO2. The monoisotopic (exact) mass is 226 g/mol.